The molecular weight excluding hydrogens is 358 g/mol. The number of aromatic nitrogens is 1. The number of hydrogen-bond donors (Lipinski definition) is 1. The van der Waals surface area contributed by atoms with Crippen molar-refractivity contribution < 1.29 is 19.2 Å². The van der Waals surface area contributed by atoms with Crippen LogP contribution in [0, 0.1) is 10.1 Å². The average Bonchev–Trinajstić information content (AvgIpc) is 3.01. The van der Waals surface area contributed by atoms with Crippen LogP contribution in [0.2, 0.25) is 0 Å². The molecular formula is C17H15N3O5S. The van der Waals surface area contributed by atoms with E-state index in [1.54, 1.807) is 38.5 Å². The molecule has 0 aliphatic heterocycles. The van der Waals surface area contributed by atoms with Crippen molar-refractivity contribution in [2.45, 2.75) is 6.42 Å². The maximum absolute atomic E-state index is 12.2. The topological polar surface area (TPSA) is 104 Å². The van der Waals surface area contributed by atoms with Crippen LogP contribution < -0.4 is 14.8 Å². The van der Waals surface area contributed by atoms with Gasteiger partial charge in [0.05, 0.1) is 35.8 Å². The van der Waals surface area contributed by atoms with Gasteiger partial charge in [0.25, 0.3) is 5.69 Å². The number of fused-ring (bicyclic) bond motifs is 1. The first-order chi connectivity index (χ1) is 12.5. The molecule has 1 heterocycles. The standard InChI is InChI=1S/C17H15N3O5S/c1-24-13-8-12-15(9-14(13)25-2)26-17(18-12)19-16(21)7-10-3-5-11(6-4-10)20(22)23/h3-6,8-9H,7H2,1-2H3,(H,18,19,21). The quantitative estimate of drug-likeness (QED) is 0.525. The van der Waals surface area contributed by atoms with Gasteiger partial charge < -0.3 is 14.8 Å². The Hall–Kier alpha value is -3.20. The summed E-state index contributed by atoms with van der Waals surface area (Å²) < 4.78 is 11.4. The minimum atomic E-state index is -0.479. The number of methoxy groups -OCH3 is 2. The summed E-state index contributed by atoms with van der Waals surface area (Å²) in [6.07, 6.45) is 0.0978. The van der Waals surface area contributed by atoms with Gasteiger partial charge in [-0.1, -0.05) is 23.5 Å². The first kappa shape index (κ1) is 17.6. The lowest BCUT2D eigenvalue weighted by Gasteiger charge is -2.05. The first-order valence-electron chi connectivity index (χ1n) is 7.56. The number of nitro benzene ring substituents is 1. The molecule has 9 heteroatoms. The van der Waals surface area contributed by atoms with Crippen molar-refractivity contribution in [2.75, 3.05) is 19.5 Å². The zero-order valence-corrected chi connectivity index (χ0v) is 14.8. The maximum Gasteiger partial charge on any atom is 0.269 e. The Labute approximate surface area is 152 Å². The molecule has 0 atom stereocenters. The molecule has 0 spiro atoms. The summed E-state index contributed by atoms with van der Waals surface area (Å²) in [6.45, 7) is 0. The third-order valence-electron chi connectivity index (χ3n) is 3.65. The van der Waals surface area contributed by atoms with Gasteiger partial charge in [0.2, 0.25) is 5.91 Å². The summed E-state index contributed by atoms with van der Waals surface area (Å²) in [5.74, 6) is 0.901. The molecule has 0 bridgehead atoms. The van der Waals surface area contributed by atoms with Crippen LogP contribution in [0.3, 0.4) is 0 Å². The Morgan fingerprint density at radius 1 is 1.19 bits per heavy atom. The Kier molecular flexibility index (Phi) is 4.99. The summed E-state index contributed by atoms with van der Waals surface area (Å²) in [7, 11) is 3.10. The number of non-ortho nitro benzene ring substituents is 1. The second-order valence-electron chi connectivity index (χ2n) is 5.34. The number of carbonyl (C=O) groups is 1. The van der Waals surface area contributed by atoms with E-state index < -0.39 is 4.92 Å². The fourth-order valence-corrected chi connectivity index (χ4v) is 3.29. The molecule has 0 radical (unpaired) electrons. The van der Waals surface area contributed by atoms with E-state index in [9.17, 15) is 14.9 Å². The number of nitro groups is 1. The molecule has 26 heavy (non-hydrogen) atoms. The van der Waals surface area contributed by atoms with E-state index in [1.165, 1.54) is 23.5 Å². The Morgan fingerprint density at radius 3 is 2.46 bits per heavy atom. The van der Waals surface area contributed by atoms with E-state index in [4.69, 9.17) is 9.47 Å². The van der Waals surface area contributed by atoms with Crippen LogP contribution in [-0.4, -0.2) is 30.0 Å². The van der Waals surface area contributed by atoms with Gasteiger partial charge in [-0.05, 0) is 5.56 Å². The molecule has 1 amide bonds. The summed E-state index contributed by atoms with van der Waals surface area (Å²) in [4.78, 5) is 26.7. The minimum absolute atomic E-state index is 0.0109. The van der Waals surface area contributed by atoms with Gasteiger partial charge in [-0.15, -0.1) is 0 Å². The molecule has 3 aromatic rings. The highest BCUT2D eigenvalue weighted by Crippen LogP contribution is 2.36. The van der Waals surface area contributed by atoms with Crippen LogP contribution in [-0.2, 0) is 11.2 Å². The molecule has 0 unspecified atom stereocenters. The number of amides is 1. The zero-order valence-electron chi connectivity index (χ0n) is 14.0. The van der Waals surface area contributed by atoms with Gasteiger partial charge in [-0.2, -0.15) is 0 Å². The van der Waals surface area contributed by atoms with Gasteiger partial charge in [0.15, 0.2) is 16.6 Å². The highest BCUT2D eigenvalue weighted by Gasteiger charge is 2.13. The largest absolute Gasteiger partial charge is 0.493 e. The molecule has 2 aromatic carbocycles. The van der Waals surface area contributed by atoms with Gasteiger partial charge in [-0.25, -0.2) is 4.98 Å². The van der Waals surface area contributed by atoms with Crippen molar-refractivity contribution >= 4 is 38.3 Å². The fraction of sp³-hybridized carbons (Fsp3) is 0.176. The van der Waals surface area contributed by atoms with Gasteiger partial charge >= 0.3 is 0 Å². The highest BCUT2D eigenvalue weighted by molar-refractivity contribution is 7.22. The molecule has 1 aromatic heterocycles. The van der Waals surface area contributed by atoms with Gasteiger partial charge in [0, 0.05) is 24.3 Å². The molecule has 0 aliphatic rings. The number of ether oxygens (including phenoxy) is 2. The van der Waals surface area contributed by atoms with E-state index in [2.05, 4.69) is 10.3 Å². The third kappa shape index (κ3) is 3.72. The molecule has 134 valence electrons. The second-order valence-corrected chi connectivity index (χ2v) is 6.37. The lowest BCUT2D eigenvalue weighted by atomic mass is 10.1. The number of thiazole rings is 1. The number of rotatable bonds is 6. The van der Waals surface area contributed by atoms with E-state index in [0.717, 1.165) is 4.70 Å². The normalized spacial score (nSPS) is 10.5. The monoisotopic (exact) mass is 373 g/mol. The Morgan fingerprint density at radius 2 is 1.85 bits per heavy atom. The lowest BCUT2D eigenvalue weighted by Crippen LogP contribution is -2.14. The third-order valence-corrected chi connectivity index (χ3v) is 4.59. The van der Waals surface area contributed by atoms with Gasteiger partial charge in [0.1, 0.15) is 0 Å². The zero-order chi connectivity index (χ0) is 18.7. The number of hydrogen-bond acceptors (Lipinski definition) is 7. The summed E-state index contributed by atoms with van der Waals surface area (Å²) >= 11 is 1.32. The van der Waals surface area contributed by atoms with Crippen molar-refractivity contribution in [1.82, 2.24) is 4.98 Å². The van der Waals surface area contributed by atoms with Crippen molar-refractivity contribution in [3.8, 4) is 11.5 Å². The van der Waals surface area contributed by atoms with Crippen molar-refractivity contribution in [3.63, 3.8) is 0 Å². The smallest absolute Gasteiger partial charge is 0.269 e. The van der Waals surface area contributed by atoms with Crippen LogP contribution in [0.5, 0.6) is 11.5 Å². The van der Waals surface area contributed by atoms with E-state index in [-0.39, 0.29) is 18.0 Å². The summed E-state index contributed by atoms with van der Waals surface area (Å²) in [6, 6.07) is 9.42. The molecule has 3 rings (SSSR count). The van der Waals surface area contributed by atoms with E-state index in [1.807, 2.05) is 0 Å². The number of carbonyl (C=O) groups excluding carboxylic acids is 1. The van der Waals surface area contributed by atoms with Crippen molar-refractivity contribution in [3.05, 3.63) is 52.1 Å². The molecule has 0 saturated heterocycles. The predicted octanol–water partition coefficient (Wildman–Crippen LogP) is 3.40. The first-order valence-corrected chi connectivity index (χ1v) is 8.37. The SMILES string of the molecule is COc1cc2nc(NC(=O)Cc3ccc([N+](=O)[O-])cc3)sc2cc1OC. The van der Waals surface area contributed by atoms with Crippen LogP contribution in [0.1, 0.15) is 5.56 Å². The molecule has 0 fully saturated rings. The maximum atomic E-state index is 12.2. The van der Waals surface area contributed by atoms with Crippen LogP contribution >= 0.6 is 11.3 Å². The predicted molar refractivity (Wildman–Crippen MR) is 98.2 cm³/mol. The number of benzene rings is 2. The van der Waals surface area contributed by atoms with E-state index >= 15 is 0 Å². The van der Waals surface area contributed by atoms with E-state index in [0.29, 0.717) is 27.7 Å². The van der Waals surface area contributed by atoms with Crippen molar-refractivity contribution in [2.24, 2.45) is 0 Å². The molecule has 1 N–H and O–H groups in total. The minimum Gasteiger partial charge on any atom is -0.493 e. The molecule has 0 saturated carbocycles. The Balaban J connectivity index is 1.73. The van der Waals surface area contributed by atoms with Gasteiger partial charge in [-0.3, -0.25) is 14.9 Å². The number of nitrogens with zero attached hydrogens (tertiary/aromatic N) is 2. The average molecular weight is 373 g/mol. The fourth-order valence-electron chi connectivity index (χ4n) is 2.39. The van der Waals surface area contributed by atoms with Crippen LogP contribution in [0.25, 0.3) is 10.2 Å². The highest BCUT2D eigenvalue weighted by atomic mass is 32.1. The van der Waals surface area contributed by atoms with Crippen LogP contribution in [0.15, 0.2) is 36.4 Å². The Bertz CT molecular complexity index is 927. The summed E-state index contributed by atoms with van der Waals surface area (Å²) in [5, 5.41) is 13.9. The van der Waals surface area contributed by atoms with Crippen molar-refractivity contribution in [1.29, 1.82) is 0 Å². The molecule has 0 aliphatic carbocycles. The number of anilines is 1. The van der Waals surface area contributed by atoms with Crippen LogP contribution in [0.4, 0.5) is 10.8 Å². The second kappa shape index (κ2) is 7.36. The summed E-state index contributed by atoms with van der Waals surface area (Å²) in [5.41, 5.74) is 1.36. The lowest BCUT2D eigenvalue weighted by molar-refractivity contribution is -0.384. The number of nitrogens with one attached hydrogen (secondary N) is 1. The molecule has 8 nitrogen and oxygen atoms in total.